The third-order valence-electron chi connectivity index (χ3n) is 8.38. The van der Waals surface area contributed by atoms with Crippen molar-refractivity contribution in [1.29, 1.82) is 0 Å². The highest BCUT2D eigenvalue weighted by atomic mass is 79.9. The molecular weight excluding hydrogens is 476 g/mol. The molecule has 172 valence electrons. The van der Waals surface area contributed by atoms with Crippen molar-refractivity contribution in [2.75, 3.05) is 13.2 Å². The Morgan fingerprint density at radius 1 is 0.903 bits per heavy atom. The molecule has 2 aliphatic carbocycles. The van der Waals surface area contributed by atoms with Gasteiger partial charge in [-0.25, -0.2) is 0 Å². The van der Waals surface area contributed by atoms with Crippen molar-refractivity contribution in [3.05, 3.63) is 0 Å². The highest BCUT2D eigenvalue weighted by molar-refractivity contribution is 9.09. The Bertz CT molecular complexity index is 858. The van der Waals surface area contributed by atoms with Crippen LogP contribution in [0.15, 0.2) is 0 Å². The summed E-state index contributed by atoms with van der Waals surface area (Å²) in [5, 5.41) is 0. The van der Waals surface area contributed by atoms with Crippen LogP contribution in [0.1, 0.15) is 41.0 Å². The predicted octanol–water partition coefficient (Wildman–Crippen LogP) is 1.28. The lowest BCUT2D eigenvalue weighted by atomic mass is 9.47. The standard InChI is InChI=1S/C21H27BrO9/c1-9(23)28-12-6-20-7-26-18(12,4)14(22)17(20)31-16-13(29-10(2)24)15(30-11(3)25)19(20,5)21(16)8-27-21/h12-17H,6-8H2,1-5H3/t12-,13+,14-,15+,16+,17+,18-,19+,20?,21-/m0/s1. The van der Waals surface area contributed by atoms with Crippen LogP contribution < -0.4 is 0 Å². The van der Waals surface area contributed by atoms with Gasteiger partial charge in [0.05, 0.1) is 29.6 Å². The Labute approximate surface area is 188 Å². The minimum Gasteiger partial charge on any atom is -0.459 e. The molecule has 2 saturated carbocycles. The Kier molecular flexibility index (Phi) is 4.48. The van der Waals surface area contributed by atoms with E-state index < -0.39 is 64.4 Å². The second-order valence-corrected chi connectivity index (χ2v) is 10.8. The number of ether oxygens (including phenoxy) is 6. The van der Waals surface area contributed by atoms with E-state index in [0.29, 0.717) is 19.6 Å². The highest BCUT2D eigenvalue weighted by Gasteiger charge is 2.89. The second kappa shape index (κ2) is 6.42. The van der Waals surface area contributed by atoms with Gasteiger partial charge >= 0.3 is 17.9 Å². The first-order chi connectivity index (χ1) is 14.4. The van der Waals surface area contributed by atoms with E-state index in [4.69, 9.17) is 28.4 Å². The van der Waals surface area contributed by atoms with Gasteiger partial charge in [0.15, 0.2) is 12.2 Å². The first-order valence-electron chi connectivity index (χ1n) is 10.5. The van der Waals surface area contributed by atoms with Crippen LogP contribution in [-0.4, -0.2) is 77.7 Å². The van der Waals surface area contributed by atoms with Crippen molar-refractivity contribution >= 4 is 33.8 Å². The fourth-order valence-electron chi connectivity index (χ4n) is 6.78. The molecule has 6 fully saturated rings. The fraction of sp³-hybridized carbons (Fsp3) is 0.857. The summed E-state index contributed by atoms with van der Waals surface area (Å²) in [5.41, 5.74) is -3.09. The molecule has 4 heterocycles. The molecule has 0 amide bonds. The van der Waals surface area contributed by atoms with E-state index in [2.05, 4.69) is 15.9 Å². The van der Waals surface area contributed by atoms with Crippen LogP contribution in [0.4, 0.5) is 0 Å². The van der Waals surface area contributed by atoms with Gasteiger partial charge in [0.25, 0.3) is 0 Å². The van der Waals surface area contributed by atoms with E-state index in [1.807, 2.05) is 13.8 Å². The van der Waals surface area contributed by atoms with Crippen LogP contribution in [0.25, 0.3) is 0 Å². The second-order valence-electron chi connectivity index (χ2n) is 9.79. The molecule has 4 saturated heterocycles. The number of hydrogen-bond acceptors (Lipinski definition) is 9. The molecule has 31 heavy (non-hydrogen) atoms. The summed E-state index contributed by atoms with van der Waals surface area (Å²) in [5.74, 6) is -1.37. The van der Waals surface area contributed by atoms with Gasteiger partial charge in [-0.2, -0.15) is 0 Å². The van der Waals surface area contributed by atoms with Crippen molar-refractivity contribution in [3.63, 3.8) is 0 Å². The summed E-state index contributed by atoms with van der Waals surface area (Å²) in [7, 11) is 0. The lowest BCUT2D eigenvalue weighted by molar-refractivity contribution is -0.342. The van der Waals surface area contributed by atoms with Gasteiger partial charge in [0.2, 0.25) is 0 Å². The third-order valence-corrected chi connectivity index (χ3v) is 9.77. The maximum Gasteiger partial charge on any atom is 0.303 e. The average molecular weight is 503 g/mol. The minimum absolute atomic E-state index is 0.307. The topological polar surface area (TPSA) is 110 Å². The molecule has 4 bridgehead atoms. The third kappa shape index (κ3) is 2.45. The number of carbonyl (C=O) groups excluding carboxylic acids is 3. The van der Waals surface area contributed by atoms with Crippen molar-refractivity contribution in [3.8, 4) is 0 Å². The Balaban J connectivity index is 1.67. The highest BCUT2D eigenvalue weighted by Crippen LogP contribution is 2.75. The van der Waals surface area contributed by atoms with E-state index in [-0.39, 0.29) is 10.9 Å². The maximum atomic E-state index is 12.1. The smallest absolute Gasteiger partial charge is 0.303 e. The van der Waals surface area contributed by atoms with Gasteiger partial charge in [0, 0.05) is 26.2 Å². The molecule has 2 spiro atoms. The molecule has 10 heteroatoms. The molecule has 0 aromatic rings. The van der Waals surface area contributed by atoms with Crippen LogP contribution in [0.2, 0.25) is 0 Å². The number of epoxide rings is 1. The summed E-state index contributed by atoms with van der Waals surface area (Å²) in [4.78, 5) is 35.7. The lowest BCUT2D eigenvalue weighted by Crippen LogP contribution is -2.80. The molecule has 6 aliphatic rings. The molecule has 0 radical (unpaired) electrons. The first-order valence-corrected chi connectivity index (χ1v) is 11.4. The van der Waals surface area contributed by atoms with E-state index in [1.54, 1.807) is 0 Å². The zero-order valence-corrected chi connectivity index (χ0v) is 19.7. The SMILES string of the molecule is CC(=O)O[C@H]1[C@H]2O[C@@H]3[C@H](Br)[C@@]4(C)OCC3(C[C@@H]4OC(C)=O)[C@@](C)([C@@H]1OC(C)=O)[C@]21CO1. The van der Waals surface area contributed by atoms with Crippen LogP contribution in [0.3, 0.4) is 0 Å². The Morgan fingerprint density at radius 3 is 2.06 bits per heavy atom. The molecule has 6 rings (SSSR count). The minimum atomic E-state index is -0.812. The van der Waals surface area contributed by atoms with Crippen molar-refractivity contribution in [2.24, 2.45) is 10.8 Å². The number of fused-ring (bicyclic) bond motifs is 2. The number of hydrogen-bond donors (Lipinski definition) is 0. The molecule has 0 aromatic heterocycles. The maximum absolute atomic E-state index is 12.1. The molecule has 4 aliphatic heterocycles. The fourth-order valence-corrected chi connectivity index (χ4v) is 7.84. The molecular formula is C21H27BrO9. The van der Waals surface area contributed by atoms with Crippen molar-refractivity contribution in [2.45, 2.75) is 87.6 Å². The quantitative estimate of drug-likeness (QED) is 0.244. The summed E-state index contributed by atoms with van der Waals surface area (Å²) >= 11 is 3.78. The van der Waals surface area contributed by atoms with Gasteiger partial charge < -0.3 is 28.4 Å². The molecule has 0 aromatic carbocycles. The summed E-state index contributed by atoms with van der Waals surface area (Å²) in [6.07, 6.45) is -2.62. The van der Waals surface area contributed by atoms with Gasteiger partial charge in [-0.05, 0) is 13.3 Å². The Morgan fingerprint density at radius 2 is 1.52 bits per heavy atom. The van der Waals surface area contributed by atoms with E-state index in [1.165, 1.54) is 20.8 Å². The van der Waals surface area contributed by atoms with E-state index in [9.17, 15) is 14.4 Å². The first kappa shape index (κ1) is 21.6. The van der Waals surface area contributed by atoms with Crippen LogP contribution >= 0.6 is 15.9 Å². The summed E-state index contributed by atoms with van der Waals surface area (Å²) in [6.45, 7) is 8.63. The summed E-state index contributed by atoms with van der Waals surface area (Å²) in [6, 6.07) is 0. The van der Waals surface area contributed by atoms with Gasteiger partial charge in [0.1, 0.15) is 23.4 Å². The summed E-state index contributed by atoms with van der Waals surface area (Å²) < 4.78 is 36.2. The molecule has 0 N–H and O–H groups in total. The number of alkyl halides is 1. The van der Waals surface area contributed by atoms with Crippen LogP contribution in [-0.2, 0) is 42.8 Å². The monoisotopic (exact) mass is 502 g/mol. The molecule has 9 nitrogen and oxygen atoms in total. The van der Waals surface area contributed by atoms with Crippen LogP contribution in [0, 0.1) is 10.8 Å². The van der Waals surface area contributed by atoms with Crippen molar-refractivity contribution in [1.82, 2.24) is 0 Å². The normalized spacial score (nSPS) is 53.6. The van der Waals surface area contributed by atoms with Crippen molar-refractivity contribution < 1.29 is 42.8 Å². The van der Waals surface area contributed by atoms with E-state index in [0.717, 1.165) is 0 Å². The number of carbonyl (C=O) groups is 3. The van der Waals surface area contributed by atoms with Gasteiger partial charge in [-0.1, -0.05) is 22.9 Å². The number of halogens is 1. The van der Waals surface area contributed by atoms with E-state index >= 15 is 0 Å². The lowest BCUT2D eigenvalue weighted by Gasteiger charge is -2.68. The van der Waals surface area contributed by atoms with Gasteiger partial charge in [-0.15, -0.1) is 0 Å². The molecule has 10 atom stereocenters. The zero-order chi connectivity index (χ0) is 22.6. The number of rotatable bonds is 3. The Hall–Kier alpha value is -1.23. The largest absolute Gasteiger partial charge is 0.459 e. The number of esters is 3. The average Bonchev–Trinajstić information content (AvgIpc) is 3.44. The molecule has 1 unspecified atom stereocenters. The predicted molar refractivity (Wildman–Crippen MR) is 106 cm³/mol. The van der Waals surface area contributed by atoms with Crippen LogP contribution in [0.5, 0.6) is 0 Å². The zero-order valence-electron chi connectivity index (χ0n) is 18.1. The van der Waals surface area contributed by atoms with Gasteiger partial charge in [-0.3, -0.25) is 14.4 Å².